The second-order valence-corrected chi connectivity index (χ2v) is 7.38. The van der Waals surface area contributed by atoms with Crippen molar-refractivity contribution in [3.63, 3.8) is 0 Å². The number of ether oxygens (including phenoxy) is 1. The van der Waals surface area contributed by atoms with Gasteiger partial charge in [0.1, 0.15) is 11.0 Å². The zero-order valence-corrected chi connectivity index (χ0v) is 13.6. The quantitative estimate of drug-likeness (QED) is 0.840. The summed E-state index contributed by atoms with van der Waals surface area (Å²) in [7, 11) is -3.54. The molecule has 0 unspecified atom stereocenters. The first-order valence-electron chi connectivity index (χ1n) is 7.43. The highest BCUT2D eigenvalue weighted by Crippen LogP contribution is 2.22. The minimum Gasteiger partial charge on any atom is -0.472 e. The van der Waals surface area contributed by atoms with Gasteiger partial charge in [0.15, 0.2) is 0 Å². The second kappa shape index (κ2) is 6.59. The van der Waals surface area contributed by atoms with E-state index >= 15 is 0 Å². The molecule has 2 aromatic heterocycles. The predicted molar refractivity (Wildman–Crippen MR) is 83.4 cm³/mol. The maximum Gasteiger partial charge on any atom is 0.244 e. The zero-order chi connectivity index (χ0) is 16.3. The van der Waals surface area contributed by atoms with Crippen LogP contribution >= 0.6 is 0 Å². The highest BCUT2D eigenvalue weighted by molar-refractivity contribution is 7.89. The summed E-state index contributed by atoms with van der Waals surface area (Å²) in [5.74, 6) is 0.418. The summed E-state index contributed by atoms with van der Waals surface area (Å²) in [6.45, 7) is 2.63. The Morgan fingerprint density at radius 2 is 2.13 bits per heavy atom. The first kappa shape index (κ1) is 15.8. The fraction of sp³-hybridized carbons (Fsp3) is 0.400. The molecule has 122 valence electrons. The number of aryl methyl sites for hydroxylation is 1. The Balaban J connectivity index is 1.72. The molecule has 0 bridgehead atoms. The van der Waals surface area contributed by atoms with E-state index in [9.17, 15) is 8.42 Å². The van der Waals surface area contributed by atoms with Crippen LogP contribution in [0, 0.1) is 6.92 Å². The maximum atomic E-state index is 12.6. The van der Waals surface area contributed by atoms with Crippen LogP contribution < -0.4 is 4.74 Å². The van der Waals surface area contributed by atoms with Crippen molar-refractivity contribution >= 4 is 10.0 Å². The van der Waals surface area contributed by atoms with Gasteiger partial charge in [0.05, 0.1) is 12.2 Å². The average molecular weight is 334 g/mol. The molecule has 3 heterocycles. The molecule has 0 aliphatic carbocycles. The van der Waals surface area contributed by atoms with Crippen LogP contribution in [0.5, 0.6) is 5.88 Å². The lowest BCUT2D eigenvalue weighted by molar-refractivity contribution is 0.123. The van der Waals surface area contributed by atoms with Crippen LogP contribution in [-0.2, 0) is 10.0 Å². The zero-order valence-electron chi connectivity index (χ0n) is 12.8. The standard InChI is InChI=1S/C15H18N4O3S/c1-12-6-7-15(18-17-12)22-13-4-3-9-19(11-13)23(20,21)14-5-2-8-16-10-14/h2,5-8,10,13H,3-4,9,11H2,1H3/t13-/m0/s1. The Hall–Kier alpha value is -2.06. The fourth-order valence-corrected chi connectivity index (χ4v) is 3.96. The predicted octanol–water partition coefficient (Wildman–Crippen LogP) is 1.41. The van der Waals surface area contributed by atoms with Crippen LogP contribution in [0.2, 0.25) is 0 Å². The summed E-state index contributed by atoms with van der Waals surface area (Å²) in [6.07, 6.45) is 4.22. The fourth-order valence-electron chi connectivity index (χ4n) is 2.49. The van der Waals surface area contributed by atoms with E-state index in [1.165, 1.54) is 10.5 Å². The normalized spacial score (nSPS) is 19.4. The highest BCUT2D eigenvalue weighted by Gasteiger charge is 2.31. The Kier molecular flexibility index (Phi) is 4.53. The van der Waals surface area contributed by atoms with E-state index in [1.54, 1.807) is 24.4 Å². The number of rotatable bonds is 4. The van der Waals surface area contributed by atoms with E-state index in [0.717, 1.165) is 18.5 Å². The van der Waals surface area contributed by atoms with E-state index in [2.05, 4.69) is 15.2 Å². The number of nitrogens with zero attached hydrogens (tertiary/aromatic N) is 4. The molecule has 2 aromatic rings. The van der Waals surface area contributed by atoms with Crippen molar-refractivity contribution in [2.75, 3.05) is 13.1 Å². The lowest BCUT2D eigenvalue weighted by Crippen LogP contribution is -2.44. The number of sulfonamides is 1. The molecule has 23 heavy (non-hydrogen) atoms. The number of aromatic nitrogens is 3. The third kappa shape index (κ3) is 3.65. The van der Waals surface area contributed by atoms with Crippen molar-refractivity contribution in [1.82, 2.24) is 19.5 Å². The lowest BCUT2D eigenvalue weighted by atomic mass is 10.1. The van der Waals surface area contributed by atoms with Crippen molar-refractivity contribution in [1.29, 1.82) is 0 Å². The molecule has 1 saturated heterocycles. The summed E-state index contributed by atoms with van der Waals surface area (Å²) >= 11 is 0. The summed E-state index contributed by atoms with van der Waals surface area (Å²) in [6, 6.07) is 6.73. The second-order valence-electron chi connectivity index (χ2n) is 5.45. The third-order valence-electron chi connectivity index (χ3n) is 3.67. The van der Waals surface area contributed by atoms with Gasteiger partial charge in [-0.15, -0.1) is 5.10 Å². The van der Waals surface area contributed by atoms with Gasteiger partial charge >= 0.3 is 0 Å². The molecular formula is C15H18N4O3S. The van der Waals surface area contributed by atoms with Crippen molar-refractivity contribution in [2.24, 2.45) is 0 Å². The van der Waals surface area contributed by atoms with Crippen LogP contribution in [0.4, 0.5) is 0 Å². The van der Waals surface area contributed by atoms with Crippen molar-refractivity contribution < 1.29 is 13.2 Å². The van der Waals surface area contributed by atoms with Gasteiger partial charge in [-0.25, -0.2) is 8.42 Å². The monoisotopic (exact) mass is 334 g/mol. The molecule has 1 aliphatic heterocycles. The SMILES string of the molecule is Cc1ccc(O[C@H]2CCCN(S(=O)(=O)c3cccnc3)C2)nn1. The smallest absolute Gasteiger partial charge is 0.244 e. The minimum absolute atomic E-state index is 0.204. The van der Waals surface area contributed by atoms with Gasteiger partial charge < -0.3 is 4.74 Å². The first-order chi connectivity index (χ1) is 11.1. The molecule has 1 atom stereocenters. The van der Waals surface area contributed by atoms with Crippen LogP contribution in [0.1, 0.15) is 18.5 Å². The van der Waals surface area contributed by atoms with E-state index < -0.39 is 10.0 Å². The highest BCUT2D eigenvalue weighted by atomic mass is 32.2. The average Bonchev–Trinajstić information content (AvgIpc) is 2.58. The van der Waals surface area contributed by atoms with Crippen LogP contribution in [0.15, 0.2) is 41.6 Å². The van der Waals surface area contributed by atoms with Crippen molar-refractivity contribution in [3.05, 3.63) is 42.4 Å². The largest absolute Gasteiger partial charge is 0.472 e. The van der Waals surface area contributed by atoms with Crippen LogP contribution in [0.25, 0.3) is 0 Å². The molecule has 1 aliphatic rings. The molecule has 8 heteroatoms. The van der Waals surface area contributed by atoms with E-state index in [0.29, 0.717) is 19.0 Å². The molecule has 0 saturated carbocycles. The third-order valence-corrected chi connectivity index (χ3v) is 5.52. The molecule has 0 radical (unpaired) electrons. The van der Waals surface area contributed by atoms with Gasteiger partial charge in [-0.3, -0.25) is 4.98 Å². The van der Waals surface area contributed by atoms with Gasteiger partial charge in [-0.1, -0.05) is 0 Å². The molecule has 0 aromatic carbocycles. The van der Waals surface area contributed by atoms with Crippen molar-refractivity contribution in [3.8, 4) is 5.88 Å². The van der Waals surface area contributed by atoms with Gasteiger partial charge in [-0.05, 0) is 38.0 Å². The van der Waals surface area contributed by atoms with Crippen LogP contribution in [-0.4, -0.2) is 47.1 Å². The lowest BCUT2D eigenvalue weighted by Gasteiger charge is -2.31. The number of hydrogen-bond donors (Lipinski definition) is 0. The van der Waals surface area contributed by atoms with E-state index in [1.807, 2.05) is 13.0 Å². The minimum atomic E-state index is -3.54. The summed E-state index contributed by atoms with van der Waals surface area (Å²) in [5.41, 5.74) is 0.807. The Bertz CT molecular complexity index is 750. The molecule has 7 nitrogen and oxygen atoms in total. The van der Waals surface area contributed by atoms with Gasteiger partial charge in [0.25, 0.3) is 0 Å². The Morgan fingerprint density at radius 3 is 2.83 bits per heavy atom. The summed E-state index contributed by atoms with van der Waals surface area (Å²) < 4.78 is 32.5. The van der Waals surface area contributed by atoms with Gasteiger partial charge in [0, 0.05) is 25.0 Å². The topological polar surface area (TPSA) is 85.3 Å². The number of pyridine rings is 1. The summed E-state index contributed by atoms with van der Waals surface area (Å²) in [4.78, 5) is 4.09. The van der Waals surface area contributed by atoms with E-state index in [4.69, 9.17) is 4.74 Å². The Labute approximate surface area is 135 Å². The van der Waals surface area contributed by atoms with Crippen molar-refractivity contribution in [2.45, 2.75) is 30.8 Å². The molecule has 0 amide bonds. The molecule has 1 fully saturated rings. The molecule has 0 N–H and O–H groups in total. The maximum absolute atomic E-state index is 12.6. The Morgan fingerprint density at radius 1 is 1.26 bits per heavy atom. The van der Waals surface area contributed by atoms with Crippen LogP contribution in [0.3, 0.4) is 0 Å². The summed E-state index contributed by atoms with van der Waals surface area (Å²) in [5, 5.41) is 7.91. The van der Waals surface area contributed by atoms with Gasteiger partial charge in [-0.2, -0.15) is 9.40 Å². The number of piperidine rings is 1. The van der Waals surface area contributed by atoms with E-state index in [-0.39, 0.29) is 11.0 Å². The molecule has 3 rings (SSSR count). The first-order valence-corrected chi connectivity index (χ1v) is 8.87. The molecular weight excluding hydrogens is 316 g/mol. The number of hydrogen-bond acceptors (Lipinski definition) is 6. The molecule has 0 spiro atoms. The van der Waals surface area contributed by atoms with Gasteiger partial charge in [0.2, 0.25) is 15.9 Å².